The number of sulfonamides is 1. The van der Waals surface area contributed by atoms with Crippen molar-refractivity contribution in [3.05, 3.63) is 53.6 Å². The van der Waals surface area contributed by atoms with Gasteiger partial charge >= 0.3 is 0 Å². The lowest BCUT2D eigenvalue weighted by molar-refractivity contribution is -0.118. The van der Waals surface area contributed by atoms with Gasteiger partial charge in [0.25, 0.3) is 5.91 Å². The molecule has 0 bridgehead atoms. The first-order valence-corrected chi connectivity index (χ1v) is 10.5. The third kappa shape index (κ3) is 5.12. The van der Waals surface area contributed by atoms with Gasteiger partial charge in [0.05, 0.1) is 29.7 Å². The molecule has 1 aliphatic heterocycles. The number of carbonyl (C=O) groups is 1. The van der Waals surface area contributed by atoms with Crippen LogP contribution in [0.1, 0.15) is 11.1 Å². The number of hydrogen-bond acceptors (Lipinski definition) is 6. The Kier molecular flexibility index (Phi) is 6.49. The highest BCUT2D eigenvalue weighted by Crippen LogP contribution is 2.23. The molecule has 1 aliphatic rings. The van der Waals surface area contributed by atoms with Gasteiger partial charge in [-0.2, -0.15) is 9.57 Å². The third-order valence-corrected chi connectivity index (χ3v) is 6.34. The summed E-state index contributed by atoms with van der Waals surface area (Å²) in [6.45, 7) is 2.86. The van der Waals surface area contributed by atoms with E-state index in [0.29, 0.717) is 43.3 Å². The van der Waals surface area contributed by atoms with Crippen molar-refractivity contribution in [2.24, 2.45) is 0 Å². The summed E-state index contributed by atoms with van der Waals surface area (Å²) in [5.41, 5.74) is 1.64. The average molecular weight is 415 g/mol. The molecule has 1 N–H and O–H groups in total. The van der Waals surface area contributed by atoms with Crippen molar-refractivity contribution in [2.75, 3.05) is 38.2 Å². The van der Waals surface area contributed by atoms with Gasteiger partial charge in [-0.05, 0) is 48.9 Å². The molecule has 0 aliphatic carbocycles. The van der Waals surface area contributed by atoms with Crippen LogP contribution in [0.15, 0.2) is 47.4 Å². The summed E-state index contributed by atoms with van der Waals surface area (Å²) in [7, 11) is -3.65. The van der Waals surface area contributed by atoms with Gasteiger partial charge in [0.2, 0.25) is 10.0 Å². The highest BCUT2D eigenvalue weighted by Gasteiger charge is 2.26. The van der Waals surface area contributed by atoms with E-state index in [1.807, 2.05) is 6.07 Å². The number of carbonyl (C=O) groups excluding carboxylic acids is 1. The van der Waals surface area contributed by atoms with Crippen LogP contribution in [-0.2, 0) is 19.6 Å². The smallest absolute Gasteiger partial charge is 0.262 e. The maximum Gasteiger partial charge on any atom is 0.262 e. The van der Waals surface area contributed by atoms with Crippen molar-refractivity contribution in [3.63, 3.8) is 0 Å². The van der Waals surface area contributed by atoms with E-state index in [1.54, 1.807) is 37.3 Å². The summed E-state index contributed by atoms with van der Waals surface area (Å²) in [4.78, 5) is 12.4. The number of nitrogens with one attached hydrogen (secondary N) is 1. The summed E-state index contributed by atoms with van der Waals surface area (Å²) >= 11 is 0. The van der Waals surface area contributed by atoms with E-state index in [0.717, 1.165) is 5.56 Å². The third-order valence-electron chi connectivity index (χ3n) is 4.44. The van der Waals surface area contributed by atoms with E-state index < -0.39 is 15.9 Å². The fourth-order valence-electron chi connectivity index (χ4n) is 2.79. The van der Waals surface area contributed by atoms with E-state index >= 15 is 0 Å². The molecule has 0 saturated carbocycles. The number of nitrogens with zero attached hydrogens (tertiary/aromatic N) is 2. The van der Waals surface area contributed by atoms with Crippen molar-refractivity contribution in [1.29, 1.82) is 5.26 Å². The Morgan fingerprint density at radius 1 is 1.21 bits per heavy atom. The molecule has 8 nitrogen and oxygen atoms in total. The lowest BCUT2D eigenvalue weighted by atomic mass is 10.2. The molecular weight excluding hydrogens is 394 g/mol. The fourth-order valence-corrected chi connectivity index (χ4v) is 4.23. The van der Waals surface area contributed by atoms with Gasteiger partial charge in [-0.25, -0.2) is 8.42 Å². The molecule has 0 radical (unpaired) electrons. The molecule has 1 amide bonds. The van der Waals surface area contributed by atoms with Crippen molar-refractivity contribution in [3.8, 4) is 11.8 Å². The number of benzene rings is 2. The number of rotatable bonds is 6. The minimum atomic E-state index is -3.65. The minimum Gasteiger partial charge on any atom is -0.484 e. The quantitative estimate of drug-likeness (QED) is 0.772. The number of morpholine rings is 1. The molecule has 2 aromatic rings. The summed E-state index contributed by atoms with van der Waals surface area (Å²) in [5, 5.41) is 11.5. The number of amides is 1. The topological polar surface area (TPSA) is 109 Å². The first kappa shape index (κ1) is 20.8. The zero-order valence-electron chi connectivity index (χ0n) is 15.9. The van der Waals surface area contributed by atoms with Crippen molar-refractivity contribution < 1.29 is 22.7 Å². The predicted molar refractivity (Wildman–Crippen MR) is 106 cm³/mol. The lowest BCUT2D eigenvalue weighted by Crippen LogP contribution is -2.40. The SMILES string of the molecule is Cc1ccc(S(=O)(=O)N2CCOCC2)cc1NC(=O)COc1ccc(C#N)cc1. The number of aryl methyl sites for hydroxylation is 1. The predicted octanol–water partition coefficient (Wildman–Crippen LogP) is 1.91. The van der Waals surface area contributed by atoms with E-state index in [9.17, 15) is 13.2 Å². The highest BCUT2D eigenvalue weighted by molar-refractivity contribution is 7.89. The highest BCUT2D eigenvalue weighted by atomic mass is 32.2. The number of ether oxygens (including phenoxy) is 2. The van der Waals surface area contributed by atoms with Gasteiger partial charge in [0.1, 0.15) is 5.75 Å². The second-order valence-corrected chi connectivity index (χ2v) is 8.40. The molecule has 1 heterocycles. The molecule has 0 spiro atoms. The van der Waals surface area contributed by atoms with Crippen LogP contribution in [0.2, 0.25) is 0 Å². The van der Waals surface area contributed by atoms with Gasteiger partial charge < -0.3 is 14.8 Å². The number of hydrogen-bond donors (Lipinski definition) is 1. The average Bonchev–Trinajstić information content (AvgIpc) is 2.74. The molecule has 29 heavy (non-hydrogen) atoms. The number of anilines is 1. The van der Waals surface area contributed by atoms with E-state index in [-0.39, 0.29) is 11.5 Å². The van der Waals surface area contributed by atoms with E-state index in [2.05, 4.69) is 5.32 Å². The molecule has 9 heteroatoms. The summed E-state index contributed by atoms with van der Waals surface area (Å²) in [5.74, 6) is 0.0397. The molecule has 152 valence electrons. The van der Waals surface area contributed by atoms with Crippen LogP contribution >= 0.6 is 0 Å². The molecule has 3 rings (SSSR count). The molecule has 1 fully saturated rings. The van der Waals surface area contributed by atoms with Crippen LogP contribution in [0.25, 0.3) is 0 Å². The van der Waals surface area contributed by atoms with Gasteiger partial charge in [-0.3, -0.25) is 4.79 Å². The Morgan fingerprint density at radius 2 is 1.90 bits per heavy atom. The van der Waals surface area contributed by atoms with Crippen molar-refractivity contribution in [2.45, 2.75) is 11.8 Å². The maximum atomic E-state index is 12.8. The first-order chi connectivity index (χ1) is 13.9. The minimum absolute atomic E-state index is 0.119. The largest absolute Gasteiger partial charge is 0.484 e. The van der Waals surface area contributed by atoms with Crippen LogP contribution in [0, 0.1) is 18.3 Å². The van der Waals surface area contributed by atoms with Crippen LogP contribution in [0.4, 0.5) is 5.69 Å². The van der Waals surface area contributed by atoms with Crippen LogP contribution in [-0.4, -0.2) is 51.5 Å². The van der Waals surface area contributed by atoms with Gasteiger partial charge in [-0.15, -0.1) is 0 Å². The lowest BCUT2D eigenvalue weighted by Gasteiger charge is -2.26. The maximum absolute atomic E-state index is 12.8. The normalized spacial score (nSPS) is 14.8. The molecule has 0 atom stereocenters. The Bertz CT molecular complexity index is 1020. The summed E-state index contributed by atoms with van der Waals surface area (Å²) in [6, 6.07) is 13.0. The monoisotopic (exact) mass is 415 g/mol. The molecule has 2 aromatic carbocycles. The van der Waals surface area contributed by atoms with Crippen molar-refractivity contribution in [1.82, 2.24) is 4.31 Å². The fraction of sp³-hybridized carbons (Fsp3) is 0.300. The zero-order valence-corrected chi connectivity index (χ0v) is 16.7. The number of nitriles is 1. The Balaban J connectivity index is 1.67. The molecule has 0 aromatic heterocycles. The van der Waals surface area contributed by atoms with E-state index in [4.69, 9.17) is 14.7 Å². The first-order valence-electron chi connectivity index (χ1n) is 9.01. The van der Waals surface area contributed by atoms with Gasteiger partial charge in [0, 0.05) is 18.8 Å². The second kappa shape index (κ2) is 9.05. The Hall–Kier alpha value is -2.93. The molecule has 0 unspecified atom stereocenters. The van der Waals surface area contributed by atoms with Crippen LogP contribution in [0.5, 0.6) is 5.75 Å². The van der Waals surface area contributed by atoms with Gasteiger partial charge in [-0.1, -0.05) is 6.07 Å². The van der Waals surface area contributed by atoms with Crippen LogP contribution < -0.4 is 10.1 Å². The zero-order chi connectivity index (χ0) is 20.9. The molecule has 1 saturated heterocycles. The molecular formula is C20H21N3O5S. The van der Waals surface area contributed by atoms with E-state index in [1.165, 1.54) is 16.4 Å². The van der Waals surface area contributed by atoms with Gasteiger partial charge in [0.15, 0.2) is 6.61 Å². The Labute approximate surface area is 169 Å². The standard InChI is InChI=1S/C20H21N3O5S/c1-15-2-7-18(29(25,26)23-8-10-27-11-9-23)12-19(15)22-20(24)14-28-17-5-3-16(13-21)4-6-17/h2-7,12H,8-11,14H2,1H3,(H,22,24). The Morgan fingerprint density at radius 3 is 2.55 bits per heavy atom. The summed E-state index contributed by atoms with van der Waals surface area (Å²) in [6.07, 6.45) is 0. The van der Waals surface area contributed by atoms with Crippen molar-refractivity contribution >= 4 is 21.6 Å². The second-order valence-electron chi connectivity index (χ2n) is 6.47. The summed E-state index contributed by atoms with van der Waals surface area (Å²) < 4.78 is 37.6. The van der Waals surface area contributed by atoms with Crippen LogP contribution in [0.3, 0.4) is 0 Å².